The van der Waals surface area contributed by atoms with Crippen molar-refractivity contribution in [2.45, 2.75) is 37.8 Å². The van der Waals surface area contributed by atoms with Crippen molar-refractivity contribution in [3.05, 3.63) is 54.6 Å². The van der Waals surface area contributed by atoms with Gasteiger partial charge in [0, 0.05) is 54.7 Å². The Bertz CT molecular complexity index is 1320. The zero-order chi connectivity index (χ0) is 22.9. The zero-order valence-electron chi connectivity index (χ0n) is 17.8. The number of hydrogen-bond donors (Lipinski definition) is 3. The smallest absolute Gasteiger partial charge is 0.271 e. The first-order valence-electron chi connectivity index (χ1n) is 10.7. The van der Waals surface area contributed by atoms with E-state index in [1.54, 1.807) is 36.5 Å². The standard InChI is InChI=1S/C22H22F2N8O/c1-32-9-18(28-11-32)22(33)30-13-4-2-3-12(5-13)29-21-17(24)6-16(23)19(31-21)14-8-26-20-15(14)7-25-10-27-20/h6-13H,2-5H2,1H3,(H,29,31)(H,30,33)(H,25,26,27)/t12-,13+/m1/s1. The molecule has 1 fully saturated rings. The lowest BCUT2D eigenvalue weighted by Gasteiger charge is -2.30. The molecule has 1 aliphatic carbocycles. The molecule has 0 saturated heterocycles. The molecule has 4 aromatic rings. The Morgan fingerprint density at radius 3 is 2.88 bits per heavy atom. The Kier molecular flexibility index (Phi) is 5.45. The summed E-state index contributed by atoms with van der Waals surface area (Å²) in [6, 6.07) is 0.620. The molecule has 0 aromatic carbocycles. The summed E-state index contributed by atoms with van der Waals surface area (Å²) >= 11 is 0. The monoisotopic (exact) mass is 452 g/mol. The van der Waals surface area contributed by atoms with Gasteiger partial charge in [-0.25, -0.2) is 28.7 Å². The summed E-state index contributed by atoms with van der Waals surface area (Å²) in [5, 5.41) is 6.70. The Hall–Kier alpha value is -3.89. The number of anilines is 1. The van der Waals surface area contributed by atoms with Crippen LogP contribution in [-0.4, -0.2) is 47.5 Å². The molecule has 0 bridgehead atoms. The Morgan fingerprint density at radius 1 is 1.21 bits per heavy atom. The largest absolute Gasteiger partial charge is 0.365 e. The summed E-state index contributed by atoms with van der Waals surface area (Å²) in [7, 11) is 1.80. The van der Waals surface area contributed by atoms with Crippen LogP contribution in [0.15, 0.2) is 37.3 Å². The fourth-order valence-corrected chi connectivity index (χ4v) is 4.25. The van der Waals surface area contributed by atoms with Crippen LogP contribution in [0.4, 0.5) is 14.6 Å². The van der Waals surface area contributed by atoms with Crippen LogP contribution >= 0.6 is 0 Å². The van der Waals surface area contributed by atoms with E-state index in [2.05, 4.69) is 35.6 Å². The lowest BCUT2D eigenvalue weighted by Crippen LogP contribution is -2.42. The zero-order valence-corrected chi connectivity index (χ0v) is 17.8. The van der Waals surface area contributed by atoms with Gasteiger partial charge in [0.2, 0.25) is 0 Å². The molecule has 1 saturated carbocycles. The third kappa shape index (κ3) is 4.26. The first kappa shape index (κ1) is 21.0. The van der Waals surface area contributed by atoms with Crippen molar-refractivity contribution in [1.29, 1.82) is 0 Å². The third-order valence-corrected chi connectivity index (χ3v) is 5.83. The van der Waals surface area contributed by atoms with Gasteiger partial charge in [-0.1, -0.05) is 0 Å². The molecule has 1 amide bonds. The number of pyridine rings is 1. The minimum atomic E-state index is -0.771. The number of rotatable bonds is 5. The SMILES string of the molecule is Cn1cnc(C(=O)N[C@H]2CCC[C@@H](Nc3nc(-c4c[nH]c5ncncc45)c(F)cc3F)C2)c1. The van der Waals surface area contributed by atoms with E-state index in [9.17, 15) is 13.6 Å². The Morgan fingerprint density at radius 2 is 2.06 bits per heavy atom. The number of amides is 1. The van der Waals surface area contributed by atoms with Gasteiger partial charge < -0.3 is 20.2 Å². The molecule has 0 radical (unpaired) electrons. The number of carbonyl (C=O) groups is 1. The number of halogens is 2. The van der Waals surface area contributed by atoms with Crippen molar-refractivity contribution in [2.24, 2.45) is 7.05 Å². The third-order valence-electron chi connectivity index (χ3n) is 5.83. The number of fused-ring (bicyclic) bond motifs is 1. The van der Waals surface area contributed by atoms with Crippen LogP contribution in [0.25, 0.3) is 22.3 Å². The number of nitrogens with zero attached hydrogens (tertiary/aromatic N) is 5. The van der Waals surface area contributed by atoms with E-state index in [1.807, 2.05) is 0 Å². The van der Waals surface area contributed by atoms with E-state index in [-0.39, 0.29) is 29.5 Å². The molecule has 11 heteroatoms. The van der Waals surface area contributed by atoms with Crippen LogP contribution < -0.4 is 10.6 Å². The predicted molar refractivity (Wildman–Crippen MR) is 117 cm³/mol. The highest BCUT2D eigenvalue weighted by atomic mass is 19.1. The minimum Gasteiger partial charge on any atom is -0.365 e. The maximum Gasteiger partial charge on any atom is 0.271 e. The van der Waals surface area contributed by atoms with Gasteiger partial charge in [-0.15, -0.1) is 0 Å². The van der Waals surface area contributed by atoms with Crippen molar-refractivity contribution in [2.75, 3.05) is 5.32 Å². The molecule has 1 aliphatic rings. The van der Waals surface area contributed by atoms with Crippen LogP contribution in [0.5, 0.6) is 0 Å². The molecule has 0 spiro atoms. The number of nitrogens with one attached hydrogen (secondary N) is 3. The van der Waals surface area contributed by atoms with E-state index in [0.29, 0.717) is 28.7 Å². The van der Waals surface area contributed by atoms with Crippen molar-refractivity contribution in [1.82, 2.24) is 34.8 Å². The van der Waals surface area contributed by atoms with Crippen molar-refractivity contribution >= 4 is 22.8 Å². The van der Waals surface area contributed by atoms with Gasteiger partial charge in [0.25, 0.3) is 5.91 Å². The predicted octanol–water partition coefficient (Wildman–Crippen LogP) is 3.18. The maximum atomic E-state index is 14.6. The normalized spacial score (nSPS) is 18.4. The van der Waals surface area contributed by atoms with E-state index in [4.69, 9.17) is 0 Å². The molecule has 9 nitrogen and oxygen atoms in total. The second-order valence-corrected chi connectivity index (χ2v) is 8.24. The van der Waals surface area contributed by atoms with E-state index in [0.717, 1.165) is 25.3 Å². The lowest BCUT2D eigenvalue weighted by atomic mass is 9.91. The molecular formula is C22H22F2N8O. The molecule has 3 N–H and O–H groups in total. The molecule has 4 aromatic heterocycles. The quantitative estimate of drug-likeness (QED) is 0.429. The molecule has 4 heterocycles. The lowest BCUT2D eigenvalue weighted by molar-refractivity contribution is 0.0921. The second-order valence-electron chi connectivity index (χ2n) is 8.24. The van der Waals surface area contributed by atoms with Gasteiger partial charge >= 0.3 is 0 Å². The van der Waals surface area contributed by atoms with Gasteiger partial charge in [0.15, 0.2) is 17.5 Å². The van der Waals surface area contributed by atoms with E-state index < -0.39 is 11.6 Å². The maximum absolute atomic E-state index is 14.6. The van der Waals surface area contributed by atoms with Crippen molar-refractivity contribution < 1.29 is 13.6 Å². The average Bonchev–Trinajstić information content (AvgIpc) is 3.42. The average molecular weight is 452 g/mol. The summed E-state index contributed by atoms with van der Waals surface area (Å²) in [6.07, 6.45) is 10.8. The number of imidazole rings is 1. The van der Waals surface area contributed by atoms with Crippen molar-refractivity contribution in [3.63, 3.8) is 0 Å². The summed E-state index contributed by atoms with van der Waals surface area (Å²) in [6.45, 7) is 0. The number of aromatic nitrogens is 6. The van der Waals surface area contributed by atoms with Gasteiger partial charge in [0.05, 0.1) is 6.33 Å². The van der Waals surface area contributed by atoms with Crippen LogP contribution in [0.1, 0.15) is 36.2 Å². The van der Waals surface area contributed by atoms with Gasteiger partial charge in [-0.2, -0.15) is 0 Å². The Labute approximate surface area is 187 Å². The van der Waals surface area contributed by atoms with Gasteiger partial charge in [-0.05, 0) is 25.7 Å². The highest BCUT2D eigenvalue weighted by molar-refractivity contribution is 5.92. The van der Waals surface area contributed by atoms with Crippen LogP contribution in [-0.2, 0) is 7.05 Å². The first-order chi connectivity index (χ1) is 16.0. The topological polar surface area (TPSA) is 113 Å². The molecule has 2 atom stereocenters. The molecule has 0 aliphatic heterocycles. The number of carbonyl (C=O) groups excluding carboxylic acids is 1. The fraction of sp³-hybridized carbons (Fsp3) is 0.318. The molecule has 0 unspecified atom stereocenters. The minimum absolute atomic E-state index is 0.00997. The number of hydrogen-bond acceptors (Lipinski definition) is 6. The van der Waals surface area contributed by atoms with Crippen LogP contribution in [0, 0.1) is 11.6 Å². The molecule has 5 rings (SSSR count). The number of aromatic amines is 1. The molecule has 170 valence electrons. The van der Waals surface area contributed by atoms with E-state index in [1.165, 1.54) is 6.33 Å². The Balaban J connectivity index is 1.33. The van der Waals surface area contributed by atoms with Crippen molar-refractivity contribution in [3.8, 4) is 11.3 Å². The highest BCUT2D eigenvalue weighted by Gasteiger charge is 2.26. The first-order valence-corrected chi connectivity index (χ1v) is 10.7. The van der Waals surface area contributed by atoms with Gasteiger partial charge in [-0.3, -0.25) is 4.79 Å². The van der Waals surface area contributed by atoms with Crippen LogP contribution in [0.3, 0.4) is 0 Å². The van der Waals surface area contributed by atoms with Gasteiger partial charge in [0.1, 0.15) is 23.4 Å². The fourth-order valence-electron chi connectivity index (χ4n) is 4.25. The van der Waals surface area contributed by atoms with Crippen LogP contribution in [0.2, 0.25) is 0 Å². The summed E-state index contributed by atoms with van der Waals surface area (Å²) in [5.41, 5.74) is 1.36. The summed E-state index contributed by atoms with van der Waals surface area (Å²) in [4.78, 5) is 31.8. The van der Waals surface area contributed by atoms with E-state index >= 15 is 0 Å². The number of aryl methyl sites for hydroxylation is 1. The summed E-state index contributed by atoms with van der Waals surface area (Å²) in [5.74, 6) is -1.81. The highest BCUT2D eigenvalue weighted by Crippen LogP contribution is 2.31. The summed E-state index contributed by atoms with van der Waals surface area (Å²) < 4.78 is 30.9. The number of H-pyrrole nitrogens is 1. The molecular weight excluding hydrogens is 430 g/mol. The molecule has 33 heavy (non-hydrogen) atoms. The second kappa shape index (κ2) is 8.57.